The van der Waals surface area contributed by atoms with Gasteiger partial charge < -0.3 is 9.80 Å². The van der Waals surface area contributed by atoms with Crippen molar-refractivity contribution >= 4 is 21.8 Å². The van der Waals surface area contributed by atoms with Crippen LogP contribution in [0.4, 0.5) is 16.2 Å². The number of nitrogens with zero attached hydrogens (tertiary/aromatic N) is 5. The van der Waals surface area contributed by atoms with Crippen LogP contribution >= 0.6 is 0 Å². The van der Waals surface area contributed by atoms with E-state index in [1.54, 1.807) is 0 Å². The SMILES string of the molecule is Cc1cc(N2CCN(S(=O)(=O)c3cccc(F)c3)CC2)nc(N2CCCCC2)n1. The van der Waals surface area contributed by atoms with Crippen molar-refractivity contribution in [3.63, 3.8) is 0 Å². The standard InChI is InChI=1S/C20H26FN5O2S/c1-16-14-19(23-20(22-16)25-8-3-2-4-9-25)24-10-12-26(13-11-24)29(27,28)18-7-5-6-17(21)15-18/h5-7,14-15H,2-4,8-13H2,1H3. The smallest absolute Gasteiger partial charge is 0.243 e. The quantitative estimate of drug-likeness (QED) is 0.758. The summed E-state index contributed by atoms with van der Waals surface area (Å²) in [4.78, 5) is 13.7. The minimum atomic E-state index is -3.70. The molecule has 3 heterocycles. The van der Waals surface area contributed by atoms with Gasteiger partial charge in [0.1, 0.15) is 11.6 Å². The molecule has 1 aromatic heterocycles. The average molecular weight is 420 g/mol. The van der Waals surface area contributed by atoms with Gasteiger partial charge in [0.2, 0.25) is 16.0 Å². The Balaban J connectivity index is 1.47. The molecule has 0 atom stereocenters. The van der Waals surface area contributed by atoms with Gasteiger partial charge in [-0.15, -0.1) is 0 Å². The Bertz CT molecular complexity index is 971. The third-order valence-electron chi connectivity index (χ3n) is 5.46. The number of aromatic nitrogens is 2. The second-order valence-corrected chi connectivity index (χ2v) is 9.50. The van der Waals surface area contributed by atoms with Crippen LogP contribution in [0, 0.1) is 12.7 Å². The predicted octanol–water partition coefficient (Wildman–Crippen LogP) is 2.43. The second kappa shape index (κ2) is 8.23. The first-order chi connectivity index (χ1) is 13.9. The molecule has 2 aliphatic rings. The van der Waals surface area contributed by atoms with Gasteiger partial charge in [0.25, 0.3) is 0 Å². The van der Waals surface area contributed by atoms with Crippen molar-refractivity contribution in [1.82, 2.24) is 14.3 Å². The minimum absolute atomic E-state index is 0.00350. The molecule has 2 fully saturated rings. The molecule has 0 amide bonds. The molecule has 4 rings (SSSR count). The molecule has 0 spiro atoms. The summed E-state index contributed by atoms with van der Waals surface area (Å²) in [5.74, 6) is 1.04. The van der Waals surface area contributed by atoms with Crippen LogP contribution in [0.25, 0.3) is 0 Å². The number of halogens is 1. The highest BCUT2D eigenvalue weighted by Gasteiger charge is 2.29. The van der Waals surface area contributed by atoms with Gasteiger partial charge in [-0.1, -0.05) is 6.07 Å². The van der Waals surface area contributed by atoms with Crippen LogP contribution in [0.3, 0.4) is 0 Å². The fourth-order valence-electron chi connectivity index (χ4n) is 3.87. The fourth-order valence-corrected chi connectivity index (χ4v) is 5.32. The lowest BCUT2D eigenvalue weighted by Crippen LogP contribution is -2.49. The first kappa shape index (κ1) is 20.0. The number of hydrogen-bond acceptors (Lipinski definition) is 6. The minimum Gasteiger partial charge on any atom is -0.354 e. The topological polar surface area (TPSA) is 69.6 Å². The third-order valence-corrected chi connectivity index (χ3v) is 7.36. The van der Waals surface area contributed by atoms with Gasteiger partial charge in [0, 0.05) is 51.0 Å². The van der Waals surface area contributed by atoms with Gasteiger partial charge in [0.15, 0.2) is 0 Å². The monoisotopic (exact) mass is 419 g/mol. The van der Waals surface area contributed by atoms with Crippen LogP contribution in [0.15, 0.2) is 35.2 Å². The maximum Gasteiger partial charge on any atom is 0.243 e. The summed E-state index contributed by atoms with van der Waals surface area (Å²) < 4.78 is 40.5. The molecular weight excluding hydrogens is 393 g/mol. The molecule has 29 heavy (non-hydrogen) atoms. The number of piperazine rings is 1. The molecular formula is C20H26FN5O2S. The molecule has 156 valence electrons. The molecule has 0 aliphatic carbocycles. The number of sulfonamides is 1. The predicted molar refractivity (Wildman–Crippen MR) is 110 cm³/mol. The fraction of sp³-hybridized carbons (Fsp3) is 0.500. The molecule has 0 N–H and O–H groups in total. The van der Waals surface area contributed by atoms with Crippen LogP contribution < -0.4 is 9.80 Å². The molecule has 0 radical (unpaired) electrons. The van der Waals surface area contributed by atoms with Crippen LogP contribution in [0.5, 0.6) is 0 Å². The van der Waals surface area contributed by atoms with Crippen LogP contribution in [0.2, 0.25) is 0 Å². The van der Waals surface area contributed by atoms with E-state index in [0.717, 1.165) is 49.5 Å². The normalized spacial score (nSPS) is 18.8. The lowest BCUT2D eigenvalue weighted by atomic mass is 10.1. The van der Waals surface area contributed by atoms with Gasteiger partial charge in [-0.2, -0.15) is 9.29 Å². The Morgan fingerprint density at radius 3 is 2.31 bits per heavy atom. The van der Waals surface area contributed by atoms with Gasteiger partial charge in [-0.25, -0.2) is 17.8 Å². The van der Waals surface area contributed by atoms with E-state index in [2.05, 4.69) is 14.8 Å². The Morgan fingerprint density at radius 1 is 0.897 bits per heavy atom. The van der Waals surface area contributed by atoms with Crippen molar-refractivity contribution in [3.05, 3.63) is 41.8 Å². The molecule has 0 unspecified atom stereocenters. The van der Waals surface area contributed by atoms with Crippen LogP contribution in [-0.2, 0) is 10.0 Å². The van der Waals surface area contributed by atoms with Gasteiger partial charge in [-0.3, -0.25) is 0 Å². The molecule has 0 bridgehead atoms. The summed E-state index contributed by atoms with van der Waals surface area (Å²) in [7, 11) is -3.70. The summed E-state index contributed by atoms with van der Waals surface area (Å²) in [6, 6.07) is 7.12. The van der Waals surface area contributed by atoms with Crippen molar-refractivity contribution in [2.24, 2.45) is 0 Å². The maximum absolute atomic E-state index is 13.5. The zero-order valence-electron chi connectivity index (χ0n) is 16.6. The number of piperidine rings is 1. The van der Waals surface area contributed by atoms with Crippen molar-refractivity contribution in [1.29, 1.82) is 0 Å². The van der Waals surface area contributed by atoms with E-state index >= 15 is 0 Å². The first-order valence-electron chi connectivity index (χ1n) is 10.0. The number of anilines is 2. The van der Waals surface area contributed by atoms with Crippen molar-refractivity contribution in [2.75, 3.05) is 49.1 Å². The summed E-state index contributed by atoms with van der Waals surface area (Å²) in [6.45, 7) is 5.64. The highest BCUT2D eigenvalue weighted by atomic mass is 32.2. The molecule has 2 saturated heterocycles. The van der Waals surface area contributed by atoms with E-state index in [-0.39, 0.29) is 4.90 Å². The zero-order chi connectivity index (χ0) is 20.4. The summed E-state index contributed by atoms with van der Waals surface area (Å²) in [6.07, 6.45) is 3.56. The largest absolute Gasteiger partial charge is 0.354 e. The van der Waals surface area contributed by atoms with Crippen molar-refractivity contribution in [3.8, 4) is 0 Å². The van der Waals surface area contributed by atoms with E-state index < -0.39 is 15.8 Å². The van der Waals surface area contributed by atoms with Crippen LogP contribution in [0.1, 0.15) is 25.0 Å². The molecule has 7 nitrogen and oxygen atoms in total. The first-order valence-corrected chi connectivity index (χ1v) is 11.5. The number of rotatable bonds is 4. The maximum atomic E-state index is 13.5. The molecule has 2 aliphatic heterocycles. The number of benzene rings is 1. The molecule has 9 heteroatoms. The van der Waals surface area contributed by atoms with Crippen molar-refractivity contribution < 1.29 is 12.8 Å². The number of aryl methyl sites for hydroxylation is 1. The summed E-state index contributed by atoms with van der Waals surface area (Å²) >= 11 is 0. The highest BCUT2D eigenvalue weighted by Crippen LogP contribution is 2.23. The van der Waals surface area contributed by atoms with E-state index in [0.29, 0.717) is 26.2 Å². The lowest BCUT2D eigenvalue weighted by molar-refractivity contribution is 0.383. The molecule has 2 aromatic rings. The van der Waals surface area contributed by atoms with Gasteiger partial charge in [0.05, 0.1) is 4.90 Å². The molecule has 1 aromatic carbocycles. The Hall–Kier alpha value is -2.26. The van der Waals surface area contributed by atoms with Crippen LogP contribution in [-0.4, -0.2) is 62.0 Å². The average Bonchev–Trinajstić information content (AvgIpc) is 2.74. The lowest BCUT2D eigenvalue weighted by Gasteiger charge is -2.35. The third kappa shape index (κ3) is 4.35. The Kier molecular flexibility index (Phi) is 5.69. The second-order valence-electron chi connectivity index (χ2n) is 7.56. The zero-order valence-corrected chi connectivity index (χ0v) is 17.4. The molecule has 0 saturated carbocycles. The highest BCUT2D eigenvalue weighted by molar-refractivity contribution is 7.89. The Labute approximate surface area is 171 Å². The summed E-state index contributed by atoms with van der Waals surface area (Å²) in [5, 5.41) is 0. The summed E-state index contributed by atoms with van der Waals surface area (Å²) in [5.41, 5.74) is 0.908. The number of hydrogen-bond donors (Lipinski definition) is 0. The van der Waals surface area contributed by atoms with E-state index in [1.165, 1.54) is 28.9 Å². The Morgan fingerprint density at radius 2 is 1.62 bits per heavy atom. The van der Waals surface area contributed by atoms with E-state index in [1.807, 2.05) is 13.0 Å². The van der Waals surface area contributed by atoms with Gasteiger partial charge >= 0.3 is 0 Å². The van der Waals surface area contributed by atoms with Crippen molar-refractivity contribution in [2.45, 2.75) is 31.1 Å². The van der Waals surface area contributed by atoms with E-state index in [4.69, 9.17) is 4.98 Å². The van der Waals surface area contributed by atoms with E-state index in [9.17, 15) is 12.8 Å². The van der Waals surface area contributed by atoms with Gasteiger partial charge in [-0.05, 0) is 44.4 Å².